The highest BCUT2D eigenvalue weighted by atomic mass is 32.1. The van der Waals surface area contributed by atoms with Crippen molar-refractivity contribution in [3.05, 3.63) is 29.8 Å². The number of benzene rings is 1. The molecule has 0 unspecified atom stereocenters. The van der Waals surface area contributed by atoms with E-state index in [2.05, 4.69) is 10.6 Å². The first-order valence-corrected chi connectivity index (χ1v) is 5.68. The van der Waals surface area contributed by atoms with E-state index in [4.69, 9.17) is 18.0 Å². The van der Waals surface area contributed by atoms with Crippen molar-refractivity contribution in [2.45, 2.75) is 26.3 Å². The molecule has 0 aliphatic rings. The Morgan fingerprint density at radius 2 is 2.00 bits per heavy atom. The van der Waals surface area contributed by atoms with Gasteiger partial charge in [0.2, 0.25) is 0 Å². The Morgan fingerprint density at radius 1 is 1.35 bits per heavy atom. The number of carbonyl (C=O) groups excluding carboxylic acids is 1. The molecule has 0 spiro atoms. The van der Waals surface area contributed by atoms with Gasteiger partial charge in [0.05, 0.1) is 0 Å². The lowest BCUT2D eigenvalue weighted by atomic mass is 10.1. The third-order valence-electron chi connectivity index (χ3n) is 1.89. The zero-order chi connectivity index (χ0) is 13.1. The van der Waals surface area contributed by atoms with Gasteiger partial charge in [-0.3, -0.25) is 0 Å². The third kappa shape index (κ3) is 4.82. The zero-order valence-electron chi connectivity index (χ0n) is 10.2. The summed E-state index contributed by atoms with van der Waals surface area (Å²) in [5.74, 6) is 0. The minimum absolute atomic E-state index is 0.252. The summed E-state index contributed by atoms with van der Waals surface area (Å²) in [4.78, 5) is 11.9. The van der Waals surface area contributed by atoms with Crippen LogP contribution in [0.4, 0.5) is 10.5 Å². The van der Waals surface area contributed by atoms with Crippen LogP contribution in [-0.4, -0.2) is 16.6 Å². The van der Waals surface area contributed by atoms with Crippen LogP contribution in [0.25, 0.3) is 0 Å². The minimum atomic E-state index is -0.273. The second-order valence-electron chi connectivity index (χ2n) is 4.77. The molecule has 0 aliphatic heterocycles. The summed E-state index contributed by atoms with van der Waals surface area (Å²) in [6, 6.07) is 6.86. The summed E-state index contributed by atoms with van der Waals surface area (Å²) in [5, 5.41) is 5.53. The molecule has 0 aliphatic carbocycles. The molecule has 0 bridgehead atoms. The number of amides is 2. The predicted molar refractivity (Wildman–Crippen MR) is 74.2 cm³/mol. The van der Waals surface area contributed by atoms with E-state index in [0.29, 0.717) is 10.7 Å². The molecule has 17 heavy (non-hydrogen) atoms. The molecule has 92 valence electrons. The van der Waals surface area contributed by atoms with Crippen molar-refractivity contribution < 1.29 is 4.79 Å². The van der Waals surface area contributed by atoms with Crippen LogP contribution >= 0.6 is 12.2 Å². The van der Waals surface area contributed by atoms with E-state index >= 15 is 0 Å². The first kappa shape index (κ1) is 13.4. The lowest BCUT2D eigenvalue weighted by Gasteiger charge is -2.20. The van der Waals surface area contributed by atoms with Gasteiger partial charge in [0.1, 0.15) is 4.99 Å². The number of rotatable bonds is 2. The first-order chi connectivity index (χ1) is 7.78. The number of hydrogen-bond acceptors (Lipinski definition) is 2. The maximum Gasteiger partial charge on any atom is 0.319 e. The van der Waals surface area contributed by atoms with Crippen molar-refractivity contribution >= 4 is 28.9 Å². The lowest BCUT2D eigenvalue weighted by molar-refractivity contribution is 0.244. The molecule has 1 rings (SSSR count). The van der Waals surface area contributed by atoms with E-state index < -0.39 is 0 Å². The molecule has 0 aromatic heterocycles. The van der Waals surface area contributed by atoms with E-state index in [-0.39, 0.29) is 11.6 Å². The molecular weight excluding hydrogens is 234 g/mol. The van der Waals surface area contributed by atoms with Crippen molar-refractivity contribution in [3.63, 3.8) is 0 Å². The second kappa shape index (κ2) is 5.14. The van der Waals surface area contributed by atoms with Gasteiger partial charge in [-0.15, -0.1) is 0 Å². The Bertz CT molecular complexity index is 438. The highest BCUT2D eigenvalue weighted by molar-refractivity contribution is 7.80. The topological polar surface area (TPSA) is 67.2 Å². The number of anilines is 1. The molecule has 4 N–H and O–H groups in total. The Balaban J connectivity index is 2.72. The second-order valence-corrected chi connectivity index (χ2v) is 5.21. The molecule has 0 radical (unpaired) electrons. The smallest absolute Gasteiger partial charge is 0.319 e. The van der Waals surface area contributed by atoms with Gasteiger partial charge in [-0.05, 0) is 32.9 Å². The van der Waals surface area contributed by atoms with Crippen LogP contribution in [0.15, 0.2) is 24.3 Å². The predicted octanol–water partition coefficient (Wildman–Crippen LogP) is 2.24. The van der Waals surface area contributed by atoms with Crippen molar-refractivity contribution in [2.75, 3.05) is 5.32 Å². The average Bonchev–Trinajstić information content (AvgIpc) is 2.14. The number of nitrogens with two attached hydrogens (primary N) is 1. The van der Waals surface area contributed by atoms with Gasteiger partial charge < -0.3 is 16.4 Å². The van der Waals surface area contributed by atoms with Gasteiger partial charge in [-0.25, -0.2) is 4.79 Å². The maximum atomic E-state index is 11.6. The number of hydrogen-bond donors (Lipinski definition) is 3. The fraction of sp³-hybridized carbons (Fsp3) is 0.333. The summed E-state index contributed by atoms with van der Waals surface area (Å²) in [5.41, 5.74) is 6.64. The number of carbonyl (C=O) groups is 1. The summed E-state index contributed by atoms with van der Waals surface area (Å²) < 4.78 is 0. The average molecular weight is 251 g/mol. The maximum absolute atomic E-state index is 11.6. The SMILES string of the molecule is CC(C)(C)NC(=O)Nc1cccc(C(N)=S)c1. The van der Waals surface area contributed by atoms with Crippen LogP contribution in [-0.2, 0) is 0 Å². The van der Waals surface area contributed by atoms with Crippen LogP contribution in [0.3, 0.4) is 0 Å². The minimum Gasteiger partial charge on any atom is -0.389 e. The zero-order valence-corrected chi connectivity index (χ0v) is 11.0. The number of urea groups is 1. The van der Waals surface area contributed by atoms with Crippen LogP contribution in [0, 0.1) is 0 Å². The molecule has 0 heterocycles. The van der Waals surface area contributed by atoms with Crippen molar-refractivity contribution in [1.29, 1.82) is 0 Å². The molecule has 4 nitrogen and oxygen atoms in total. The number of thiocarbonyl (C=S) groups is 1. The molecule has 1 aromatic carbocycles. The molecule has 0 atom stereocenters. The van der Waals surface area contributed by atoms with Gasteiger partial charge >= 0.3 is 6.03 Å². The van der Waals surface area contributed by atoms with E-state index in [1.54, 1.807) is 24.3 Å². The van der Waals surface area contributed by atoms with Crippen molar-refractivity contribution in [1.82, 2.24) is 5.32 Å². The fourth-order valence-electron chi connectivity index (χ4n) is 1.25. The van der Waals surface area contributed by atoms with E-state index in [1.165, 1.54) is 0 Å². The van der Waals surface area contributed by atoms with Crippen molar-refractivity contribution in [2.24, 2.45) is 5.73 Å². The Hall–Kier alpha value is -1.62. The normalized spacial score (nSPS) is 10.8. The summed E-state index contributed by atoms with van der Waals surface area (Å²) in [6.45, 7) is 5.74. The van der Waals surface area contributed by atoms with Crippen LogP contribution in [0.2, 0.25) is 0 Å². The Morgan fingerprint density at radius 3 is 2.53 bits per heavy atom. The Kier molecular flexibility index (Phi) is 4.07. The molecule has 2 amide bonds. The van der Waals surface area contributed by atoms with Crippen LogP contribution < -0.4 is 16.4 Å². The van der Waals surface area contributed by atoms with Gasteiger partial charge in [-0.2, -0.15) is 0 Å². The highest BCUT2D eigenvalue weighted by Gasteiger charge is 2.13. The summed E-state index contributed by atoms with van der Waals surface area (Å²) in [6.07, 6.45) is 0. The van der Waals surface area contributed by atoms with Crippen LogP contribution in [0.1, 0.15) is 26.3 Å². The van der Waals surface area contributed by atoms with E-state index in [0.717, 1.165) is 5.56 Å². The van der Waals surface area contributed by atoms with Crippen molar-refractivity contribution in [3.8, 4) is 0 Å². The lowest BCUT2D eigenvalue weighted by Crippen LogP contribution is -2.43. The standard InChI is InChI=1S/C12H17N3OS/c1-12(2,3)15-11(16)14-9-6-4-5-8(7-9)10(13)17/h4-7H,1-3H3,(H2,13,17)(H2,14,15,16). The first-order valence-electron chi connectivity index (χ1n) is 5.27. The van der Waals surface area contributed by atoms with Gasteiger partial charge in [-0.1, -0.05) is 24.4 Å². The Labute approximate surface area is 107 Å². The molecular formula is C12H17N3OS. The molecule has 0 saturated carbocycles. The third-order valence-corrected chi connectivity index (χ3v) is 2.13. The molecule has 1 aromatic rings. The summed E-state index contributed by atoms with van der Waals surface area (Å²) in [7, 11) is 0. The summed E-state index contributed by atoms with van der Waals surface area (Å²) >= 11 is 4.87. The van der Waals surface area contributed by atoms with E-state index in [9.17, 15) is 4.79 Å². The largest absolute Gasteiger partial charge is 0.389 e. The number of nitrogens with one attached hydrogen (secondary N) is 2. The fourth-order valence-corrected chi connectivity index (χ4v) is 1.38. The van der Waals surface area contributed by atoms with Gasteiger partial charge in [0, 0.05) is 16.8 Å². The molecule has 0 saturated heterocycles. The van der Waals surface area contributed by atoms with Crippen LogP contribution in [0.5, 0.6) is 0 Å². The van der Waals surface area contributed by atoms with E-state index in [1.807, 2.05) is 20.8 Å². The van der Waals surface area contributed by atoms with Gasteiger partial charge in [0.25, 0.3) is 0 Å². The highest BCUT2D eigenvalue weighted by Crippen LogP contribution is 2.11. The van der Waals surface area contributed by atoms with Gasteiger partial charge in [0.15, 0.2) is 0 Å². The quantitative estimate of drug-likeness (QED) is 0.706. The molecule has 0 fully saturated rings. The monoisotopic (exact) mass is 251 g/mol. The molecule has 5 heteroatoms.